The van der Waals surface area contributed by atoms with E-state index in [1.807, 2.05) is 19.1 Å². The van der Waals surface area contributed by atoms with Gasteiger partial charge in [-0.3, -0.25) is 0 Å². The molecule has 1 N–H and O–H groups in total. The summed E-state index contributed by atoms with van der Waals surface area (Å²) in [5.74, 6) is -1.01. The average Bonchev–Trinajstić information content (AvgIpc) is 2.49. The topological polar surface area (TPSA) is 12.0 Å². The van der Waals surface area contributed by atoms with Gasteiger partial charge >= 0.3 is 0 Å². The molecule has 21 heavy (non-hydrogen) atoms. The van der Waals surface area contributed by atoms with E-state index in [0.717, 1.165) is 18.1 Å². The smallest absolute Gasteiger partial charge is 0.131 e. The molecule has 2 rings (SSSR count). The van der Waals surface area contributed by atoms with Crippen LogP contribution in [0, 0.1) is 18.6 Å². The van der Waals surface area contributed by atoms with Crippen molar-refractivity contribution in [1.82, 2.24) is 5.32 Å². The molecule has 0 heterocycles. The van der Waals surface area contributed by atoms with Gasteiger partial charge in [-0.1, -0.05) is 38.1 Å². The maximum atomic E-state index is 14.2. The Bertz CT molecular complexity index is 623. The van der Waals surface area contributed by atoms with Gasteiger partial charge in [0.2, 0.25) is 0 Å². The summed E-state index contributed by atoms with van der Waals surface area (Å²) in [5.41, 5.74) is 3.15. The first-order chi connectivity index (χ1) is 10.1. The highest BCUT2D eigenvalue weighted by atomic mass is 19.1. The van der Waals surface area contributed by atoms with Crippen LogP contribution in [0.15, 0.2) is 36.4 Å². The van der Waals surface area contributed by atoms with Crippen molar-refractivity contribution < 1.29 is 8.78 Å². The predicted molar refractivity (Wildman–Crippen MR) is 82.4 cm³/mol. The Morgan fingerprint density at radius 1 is 1.05 bits per heavy atom. The lowest BCUT2D eigenvalue weighted by Gasteiger charge is -2.21. The minimum atomic E-state index is -0.508. The second-order valence-electron chi connectivity index (χ2n) is 5.21. The van der Waals surface area contributed by atoms with E-state index in [-0.39, 0.29) is 6.04 Å². The molecule has 112 valence electrons. The molecule has 0 radical (unpaired) electrons. The molecule has 2 aromatic carbocycles. The third kappa shape index (κ3) is 3.48. The lowest BCUT2D eigenvalue weighted by molar-refractivity contribution is 0.537. The van der Waals surface area contributed by atoms with Crippen molar-refractivity contribution in [1.29, 1.82) is 0 Å². The van der Waals surface area contributed by atoms with Crippen molar-refractivity contribution in [2.45, 2.75) is 33.2 Å². The van der Waals surface area contributed by atoms with E-state index in [0.29, 0.717) is 17.7 Å². The molecule has 0 saturated carbocycles. The summed E-state index contributed by atoms with van der Waals surface area (Å²) in [6.07, 6.45) is 0.928. The number of rotatable bonds is 5. The number of nitrogens with one attached hydrogen (secondary N) is 1. The number of halogens is 2. The van der Waals surface area contributed by atoms with Gasteiger partial charge in [-0.15, -0.1) is 0 Å². The first-order valence-corrected chi connectivity index (χ1v) is 7.34. The van der Waals surface area contributed by atoms with E-state index < -0.39 is 11.6 Å². The van der Waals surface area contributed by atoms with Gasteiger partial charge in [0.25, 0.3) is 0 Å². The van der Waals surface area contributed by atoms with Crippen LogP contribution in [0.4, 0.5) is 8.78 Å². The highest BCUT2D eigenvalue weighted by molar-refractivity contribution is 5.37. The Morgan fingerprint density at radius 3 is 2.48 bits per heavy atom. The van der Waals surface area contributed by atoms with Crippen LogP contribution in [-0.4, -0.2) is 6.54 Å². The van der Waals surface area contributed by atoms with Crippen molar-refractivity contribution in [2.75, 3.05) is 6.54 Å². The minimum absolute atomic E-state index is 0.263. The maximum Gasteiger partial charge on any atom is 0.131 e. The molecule has 0 aliphatic carbocycles. The lowest BCUT2D eigenvalue weighted by atomic mass is 9.95. The Balaban J connectivity index is 2.50. The first kappa shape index (κ1) is 15.6. The van der Waals surface area contributed by atoms with Crippen molar-refractivity contribution in [2.24, 2.45) is 0 Å². The minimum Gasteiger partial charge on any atom is -0.306 e. The van der Waals surface area contributed by atoms with E-state index >= 15 is 0 Å². The van der Waals surface area contributed by atoms with E-state index in [9.17, 15) is 8.78 Å². The van der Waals surface area contributed by atoms with E-state index in [1.165, 1.54) is 5.56 Å². The Kier molecular flexibility index (Phi) is 5.07. The quantitative estimate of drug-likeness (QED) is 0.852. The van der Waals surface area contributed by atoms with Crippen molar-refractivity contribution in [3.63, 3.8) is 0 Å². The van der Waals surface area contributed by atoms with Crippen LogP contribution in [0.2, 0.25) is 0 Å². The summed E-state index contributed by atoms with van der Waals surface area (Å²) in [6.45, 7) is 6.43. The van der Waals surface area contributed by atoms with Crippen molar-refractivity contribution in [3.05, 3.63) is 70.3 Å². The predicted octanol–water partition coefficient (Wildman–Crippen LogP) is 4.53. The van der Waals surface area contributed by atoms with E-state index in [2.05, 4.69) is 24.4 Å². The normalized spacial score (nSPS) is 12.4. The molecule has 0 aliphatic heterocycles. The fourth-order valence-corrected chi connectivity index (χ4v) is 2.50. The molecule has 0 aromatic heterocycles. The molecule has 1 atom stereocenters. The monoisotopic (exact) mass is 289 g/mol. The van der Waals surface area contributed by atoms with Crippen molar-refractivity contribution >= 4 is 0 Å². The zero-order chi connectivity index (χ0) is 15.4. The molecule has 0 amide bonds. The molecular formula is C18H21F2N. The fourth-order valence-electron chi connectivity index (χ4n) is 2.50. The Labute approximate surface area is 125 Å². The summed E-state index contributed by atoms with van der Waals surface area (Å²) in [4.78, 5) is 0. The molecule has 1 nitrogen and oxygen atoms in total. The van der Waals surface area contributed by atoms with Crippen LogP contribution in [0.1, 0.15) is 42.1 Å². The summed E-state index contributed by atoms with van der Waals surface area (Å²) < 4.78 is 27.7. The van der Waals surface area contributed by atoms with Gasteiger partial charge < -0.3 is 5.32 Å². The molecule has 2 aromatic rings. The Hall–Kier alpha value is -1.74. The van der Waals surface area contributed by atoms with Crippen molar-refractivity contribution in [3.8, 4) is 0 Å². The number of benzene rings is 2. The molecule has 0 aliphatic rings. The fraction of sp³-hybridized carbons (Fsp3) is 0.333. The summed E-state index contributed by atoms with van der Waals surface area (Å²) in [5, 5.41) is 3.29. The molecule has 0 spiro atoms. The molecule has 1 unspecified atom stereocenters. The Morgan fingerprint density at radius 2 is 1.81 bits per heavy atom. The maximum absolute atomic E-state index is 14.2. The highest BCUT2D eigenvalue weighted by Crippen LogP contribution is 2.27. The summed E-state index contributed by atoms with van der Waals surface area (Å²) in [7, 11) is 0. The second kappa shape index (κ2) is 6.81. The molecule has 0 bridgehead atoms. The molecule has 3 heteroatoms. The standard InChI is InChI=1S/C18H21F2N/c1-4-13-7-6-8-14(10-13)18(21-5-2)15-9-12(3)16(19)11-17(15)20/h6-11,18,21H,4-5H2,1-3H3. The van der Waals surface area contributed by atoms with E-state index in [1.54, 1.807) is 13.0 Å². The van der Waals surface area contributed by atoms with Gasteiger partial charge in [-0.25, -0.2) is 8.78 Å². The lowest BCUT2D eigenvalue weighted by Crippen LogP contribution is -2.23. The molecule has 0 saturated heterocycles. The SMILES string of the molecule is CCNC(c1cccc(CC)c1)c1cc(C)c(F)cc1F. The number of hydrogen-bond donors (Lipinski definition) is 1. The summed E-state index contributed by atoms with van der Waals surface area (Å²) in [6, 6.07) is 10.4. The van der Waals surface area contributed by atoms with Gasteiger partial charge in [0.05, 0.1) is 6.04 Å². The zero-order valence-electron chi connectivity index (χ0n) is 12.7. The highest BCUT2D eigenvalue weighted by Gasteiger charge is 2.19. The van der Waals surface area contributed by atoms with Gasteiger partial charge in [-0.05, 0) is 42.6 Å². The van der Waals surface area contributed by atoms with Gasteiger partial charge in [0, 0.05) is 11.6 Å². The number of hydrogen-bond acceptors (Lipinski definition) is 1. The van der Waals surface area contributed by atoms with Crippen LogP contribution in [0.25, 0.3) is 0 Å². The third-order valence-electron chi connectivity index (χ3n) is 3.69. The first-order valence-electron chi connectivity index (χ1n) is 7.34. The van der Waals surface area contributed by atoms with E-state index in [4.69, 9.17) is 0 Å². The van der Waals surface area contributed by atoms with Crippen LogP contribution < -0.4 is 5.32 Å². The molecule has 0 fully saturated rings. The van der Waals surface area contributed by atoms with Crippen LogP contribution in [0.5, 0.6) is 0 Å². The average molecular weight is 289 g/mol. The van der Waals surface area contributed by atoms with Crippen LogP contribution in [-0.2, 0) is 6.42 Å². The summed E-state index contributed by atoms with van der Waals surface area (Å²) >= 11 is 0. The van der Waals surface area contributed by atoms with Gasteiger partial charge in [-0.2, -0.15) is 0 Å². The third-order valence-corrected chi connectivity index (χ3v) is 3.69. The molecular weight excluding hydrogens is 268 g/mol. The largest absolute Gasteiger partial charge is 0.306 e. The number of aryl methyl sites for hydroxylation is 2. The van der Waals surface area contributed by atoms with Crippen LogP contribution >= 0.6 is 0 Å². The zero-order valence-corrected chi connectivity index (χ0v) is 12.7. The van der Waals surface area contributed by atoms with Gasteiger partial charge in [0.1, 0.15) is 11.6 Å². The van der Waals surface area contributed by atoms with Gasteiger partial charge in [0.15, 0.2) is 0 Å². The van der Waals surface area contributed by atoms with Crippen LogP contribution in [0.3, 0.4) is 0 Å². The second-order valence-corrected chi connectivity index (χ2v) is 5.21.